The molecule has 6 heteroatoms. The Bertz CT molecular complexity index is 5730. The molecule has 0 saturated carbocycles. The normalized spacial score (nSPS) is 12.9. The molecule has 19 rings (SSSR count). The summed E-state index contributed by atoms with van der Waals surface area (Å²) in [5.74, 6) is 0. The van der Waals surface area contributed by atoms with E-state index in [1.54, 1.807) is 0 Å². The Hall–Kier alpha value is -11.1. The lowest BCUT2D eigenvalue weighted by Gasteiger charge is -2.42. The van der Waals surface area contributed by atoms with Crippen LogP contribution in [0.5, 0.6) is 0 Å². The maximum Gasteiger partial charge on any atom is 0.252 e. The Kier molecular flexibility index (Phi) is 10.2. The summed E-state index contributed by atoms with van der Waals surface area (Å²) in [5, 5.41) is 9.53. The zero-order valence-electron chi connectivity index (χ0n) is 48.8. The molecule has 17 aromatic rings. The van der Waals surface area contributed by atoms with Gasteiger partial charge in [0, 0.05) is 88.0 Å². The summed E-state index contributed by atoms with van der Waals surface area (Å²) in [7, 11) is 0. The largest absolute Gasteiger partial charge is 0.456 e. The lowest BCUT2D eigenvalue weighted by Crippen LogP contribution is -2.60. The maximum atomic E-state index is 6.58. The quantitative estimate of drug-likeness (QED) is 0.155. The molecule has 0 saturated heterocycles. The van der Waals surface area contributed by atoms with Crippen molar-refractivity contribution in [2.75, 3.05) is 4.90 Å². The summed E-state index contributed by atoms with van der Waals surface area (Å²) in [6.45, 7) is 6.84. The van der Waals surface area contributed by atoms with Gasteiger partial charge in [0.25, 0.3) is 6.71 Å². The third-order valence-electron chi connectivity index (χ3n) is 19.3. The number of furan rings is 1. The van der Waals surface area contributed by atoms with E-state index in [-0.39, 0.29) is 12.1 Å². The van der Waals surface area contributed by atoms with Crippen molar-refractivity contribution >= 4 is 128 Å². The first-order chi connectivity index (χ1) is 43.3. The number of nitrogens with zero attached hydrogens (tertiary/aromatic N) is 4. The number of hydrogen-bond acceptors (Lipinski definition) is 2. The summed E-state index contributed by atoms with van der Waals surface area (Å²) in [6, 6.07) is 104. The van der Waals surface area contributed by atoms with E-state index in [9.17, 15) is 0 Å². The van der Waals surface area contributed by atoms with E-state index in [1.165, 1.54) is 121 Å². The molecule has 88 heavy (non-hydrogen) atoms. The fraction of sp³-hybridized carbons (Fsp3) is 0.0488. The van der Waals surface area contributed by atoms with Crippen LogP contribution < -0.4 is 21.3 Å². The zero-order valence-corrected chi connectivity index (χ0v) is 48.8. The van der Waals surface area contributed by atoms with Crippen molar-refractivity contribution in [3.05, 3.63) is 285 Å². The van der Waals surface area contributed by atoms with E-state index in [2.05, 4.69) is 318 Å². The third kappa shape index (κ3) is 6.88. The number of benzene rings is 13. The van der Waals surface area contributed by atoms with Crippen LogP contribution in [0.3, 0.4) is 0 Å². The van der Waals surface area contributed by atoms with Crippen LogP contribution in [0.15, 0.2) is 283 Å². The summed E-state index contributed by atoms with van der Waals surface area (Å²) >= 11 is 0. The van der Waals surface area contributed by atoms with E-state index >= 15 is 0 Å². The Balaban J connectivity index is 1.02. The molecular weight excluding hydrogens is 1070 g/mol. The molecule has 0 radical (unpaired) electrons. The molecule has 0 spiro atoms. The minimum absolute atomic E-state index is 0.159. The van der Waals surface area contributed by atoms with Crippen molar-refractivity contribution in [1.82, 2.24) is 13.7 Å². The number of rotatable bonds is 6. The molecule has 5 nitrogen and oxygen atoms in total. The van der Waals surface area contributed by atoms with E-state index < -0.39 is 0 Å². The van der Waals surface area contributed by atoms with Crippen molar-refractivity contribution in [3.63, 3.8) is 0 Å². The Morgan fingerprint density at radius 3 is 1.48 bits per heavy atom. The lowest BCUT2D eigenvalue weighted by molar-refractivity contribution is 0.591. The highest BCUT2D eigenvalue weighted by Gasteiger charge is 2.45. The van der Waals surface area contributed by atoms with Crippen LogP contribution >= 0.6 is 0 Å². The summed E-state index contributed by atoms with van der Waals surface area (Å²) < 4.78 is 14.2. The van der Waals surface area contributed by atoms with Crippen molar-refractivity contribution < 1.29 is 4.42 Å². The monoisotopic (exact) mass is 1120 g/mol. The number of anilines is 3. The van der Waals surface area contributed by atoms with Gasteiger partial charge in [-0.05, 0) is 141 Å². The van der Waals surface area contributed by atoms with Gasteiger partial charge >= 0.3 is 0 Å². The van der Waals surface area contributed by atoms with Gasteiger partial charge in [0.2, 0.25) is 0 Å². The Morgan fingerprint density at radius 1 is 0.318 bits per heavy atom. The van der Waals surface area contributed by atoms with Gasteiger partial charge in [0.05, 0.1) is 39.0 Å². The highest BCUT2D eigenvalue weighted by Crippen LogP contribution is 2.53. The number of hydrogen-bond donors (Lipinski definition) is 0. The highest BCUT2D eigenvalue weighted by molar-refractivity contribution is 7.00. The van der Waals surface area contributed by atoms with Gasteiger partial charge in [-0.15, -0.1) is 0 Å². The van der Waals surface area contributed by atoms with Crippen LogP contribution in [-0.4, -0.2) is 20.4 Å². The lowest BCUT2D eigenvalue weighted by atomic mass is 9.33. The van der Waals surface area contributed by atoms with Gasteiger partial charge in [-0.1, -0.05) is 203 Å². The van der Waals surface area contributed by atoms with Gasteiger partial charge in [-0.3, -0.25) is 0 Å². The molecule has 412 valence electrons. The molecule has 0 fully saturated rings. The van der Waals surface area contributed by atoms with Crippen LogP contribution in [0.1, 0.15) is 26.3 Å². The van der Waals surface area contributed by atoms with E-state index in [1.807, 2.05) is 0 Å². The van der Waals surface area contributed by atoms with Crippen molar-refractivity contribution in [2.45, 2.75) is 26.2 Å². The number of aromatic nitrogens is 3. The molecule has 2 aliphatic rings. The maximum absolute atomic E-state index is 6.58. The van der Waals surface area contributed by atoms with Crippen LogP contribution in [0, 0.1) is 0 Å². The second-order valence-corrected chi connectivity index (χ2v) is 25.1. The Labute approximate surface area is 508 Å². The molecule has 0 amide bonds. The molecule has 2 aliphatic heterocycles. The molecule has 0 atom stereocenters. The summed E-state index contributed by atoms with van der Waals surface area (Å²) in [6.07, 6.45) is 0. The fourth-order valence-corrected chi connectivity index (χ4v) is 15.5. The summed E-state index contributed by atoms with van der Waals surface area (Å²) in [5.41, 5.74) is 27.7. The van der Waals surface area contributed by atoms with Crippen LogP contribution in [0.2, 0.25) is 0 Å². The van der Waals surface area contributed by atoms with Crippen molar-refractivity contribution in [1.29, 1.82) is 0 Å². The highest BCUT2D eigenvalue weighted by atomic mass is 16.3. The average molecular weight is 1120 g/mol. The van der Waals surface area contributed by atoms with Crippen molar-refractivity contribution in [3.8, 4) is 50.4 Å². The van der Waals surface area contributed by atoms with E-state index in [4.69, 9.17) is 4.42 Å². The van der Waals surface area contributed by atoms with Crippen molar-refractivity contribution in [2.24, 2.45) is 0 Å². The third-order valence-corrected chi connectivity index (χ3v) is 19.3. The first kappa shape index (κ1) is 49.2. The van der Waals surface area contributed by atoms with Gasteiger partial charge in [-0.25, -0.2) is 0 Å². The molecule has 0 aliphatic carbocycles. The van der Waals surface area contributed by atoms with Gasteiger partial charge < -0.3 is 23.0 Å². The molecule has 0 N–H and O–H groups in total. The molecular formula is C82H55BN4O. The average Bonchev–Trinajstić information content (AvgIpc) is 1.34. The molecule has 4 aromatic heterocycles. The first-order valence-corrected chi connectivity index (χ1v) is 30.7. The second-order valence-electron chi connectivity index (χ2n) is 25.1. The molecule has 13 aromatic carbocycles. The predicted octanol–water partition coefficient (Wildman–Crippen LogP) is 19.8. The minimum Gasteiger partial charge on any atom is -0.456 e. The van der Waals surface area contributed by atoms with E-state index in [0.29, 0.717) is 0 Å². The fourth-order valence-electron chi connectivity index (χ4n) is 15.5. The smallest absolute Gasteiger partial charge is 0.252 e. The van der Waals surface area contributed by atoms with Crippen LogP contribution in [0.25, 0.3) is 138 Å². The molecule has 0 bridgehead atoms. The first-order valence-electron chi connectivity index (χ1n) is 30.7. The molecule has 6 heterocycles. The SMILES string of the molecule is CC(C)(C)c1cc(-c2ccccc2)c(N2c3cc4c5ccccc5n(-c5ccccc5)c4cc3B3c4c2ccc(-c2ccc5oc6ccccc6c5c2)c4-n2c4cc5c6ccccc6n(-c6ccccc6)c5cc4c4cccc3c42)c(-c2ccccc2)c1. The van der Waals surface area contributed by atoms with Gasteiger partial charge in [0.15, 0.2) is 0 Å². The van der Waals surface area contributed by atoms with Gasteiger partial charge in [0.1, 0.15) is 11.2 Å². The topological polar surface area (TPSA) is 31.2 Å². The minimum atomic E-state index is -0.190. The molecule has 0 unspecified atom stereocenters. The standard InChI is InChI=1S/C82H55BN4O/c1-82(2,3)53-44-61(50-23-8-4-9-24-50)79(62(45-53)51-25-10-5-11-26-51)86-71-41-40-56(52-39-42-77-66(43-52)59-33-18-21-38-76(59)88-77)81-78(71)83(68-49-74-64(48-75(68)86)58-32-17-20-37-70(58)85(74)55-29-14-7-15-30-55)67-35-22-34-60-65-47-72-63(46-73(65)87(81)80(60)67)57-31-16-19-36-69(57)84(72)54-27-12-6-13-28-54/h4-49H,1-3H3. The van der Waals surface area contributed by atoms with Gasteiger partial charge in [-0.2, -0.15) is 0 Å². The zero-order chi connectivity index (χ0) is 58.1. The van der Waals surface area contributed by atoms with E-state index in [0.717, 1.165) is 55.8 Å². The predicted molar refractivity (Wildman–Crippen MR) is 371 cm³/mol. The van der Waals surface area contributed by atoms with Crippen LogP contribution in [0.4, 0.5) is 17.1 Å². The second kappa shape index (κ2) is 18.2. The number of para-hydroxylation sites is 6. The Morgan fingerprint density at radius 2 is 0.841 bits per heavy atom. The van der Waals surface area contributed by atoms with Crippen LogP contribution in [-0.2, 0) is 5.41 Å². The summed E-state index contributed by atoms with van der Waals surface area (Å²) in [4.78, 5) is 2.69. The number of fused-ring (bicyclic) bond motifs is 16.